The third-order valence-corrected chi connectivity index (χ3v) is 6.41. The molecule has 0 saturated carbocycles. The highest BCUT2D eigenvalue weighted by atomic mass is 32.2. The van der Waals surface area contributed by atoms with Crippen LogP contribution in [0.15, 0.2) is 76.4 Å². The maximum absolute atomic E-state index is 12.9. The van der Waals surface area contributed by atoms with Crippen LogP contribution in [0.5, 0.6) is 11.5 Å². The molecule has 1 aliphatic rings. The first-order valence-electron chi connectivity index (χ1n) is 9.69. The van der Waals surface area contributed by atoms with Crippen LogP contribution in [0.2, 0.25) is 0 Å². The Morgan fingerprint density at radius 3 is 2.52 bits per heavy atom. The zero-order chi connectivity index (χ0) is 21.4. The first-order chi connectivity index (χ1) is 15.0. The number of sulfonamides is 1. The highest BCUT2D eigenvalue weighted by Crippen LogP contribution is 2.33. The molecule has 0 atom stereocenters. The fourth-order valence-electron chi connectivity index (χ4n) is 3.56. The molecule has 1 aromatic heterocycles. The standard InChI is InChI=1S/C22H19N3O5S/c26-22-18-12-16(6-8-19(18)25(23-22)14-15-4-2-1-3-5-15)24-31(27,28)17-7-9-20-21(13-17)30-11-10-29-20/h1-9,12-13,24H,10-11,14H2,(H,23,26). The van der Waals surface area contributed by atoms with E-state index in [1.165, 1.54) is 18.2 Å². The topological polar surface area (TPSA) is 102 Å². The van der Waals surface area contributed by atoms with E-state index in [1.54, 1.807) is 22.9 Å². The Hall–Kier alpha value is -3.72. The Labute approximate surface area is 178 Å². The maximum Gasteiger partial charge on any atom is 0.272 e. The van der Waals surface area contributed by atoms with E-state index < -0.39 is 10.0 Å². The van der Waals surface area contributed by atoms with Crippen molar-refractivity contribution < 1.29 is 17.9 Å². The average Bonchev–Trinajstić information content (AvgIpc) is 3.08. The molecule has 9 heteroatoms. The summed E-state index contributed by atoms with van der Waals surface area (Å²) in [6, 6.07) is 19.1. The van der Waals surface area contributed by atoms with Crippen molar-refractivity contribution in [3.63, 3.8) is 0 Å². The molecule has 158 valence electrons. The minimum absolute atomic E-state index is 0.0485. The van der Waals surface area contributed by atoms with E-state index in [4.69, 9.17) is 9.47 Å². The molecule has 0 unspecified atom stereocenters. The van der Waals surface area contributed by atoms with E-state index in [0.29, 0.717) is 47.8 Å². The summed E-state index contributed by atoms with van der Waals surface area (Å²) in [7, 11) is -3.87. The van der Waals surface area contributed by atoms with Crippen LogP contribution in [0, 0.1) is 0 Å². The predicted molar refractivity (Wildman–Crippen MR) is 116 cm³/mol. The van der Waals surface area contributed by atoms with Crippen molar-refractivity contribution >= 4 is 26.6 Å². The van der Waals surface area contributed by atoms with Gasteiger partial charge in [-0.05, 0) is 35.9 Å². The van der Waals surface area contributed by atoms with Gasteiger partial charge in [-0.2, -0.15) is 0 Å². The Morgan fingerprint density at radius 2 is 1.71 bits per heavy atom. The molecule has 4 aromatic rings. The Bertz CT molecular complexity index is 1420. The van der Waals surface area contributed by atoms with Gasteiger partial charge in [0.05, 0.1) is 22.3 Å². The van der Waals surface area contributed by atoms with Gasteiger partial charge in [-0.25, -0.2) is 8.42 Å². The van der Waals surface area contributed by atoms with Crippen LogP contribution >= 0.6 is 0 Å². The number of aromatic nitrogens is 2. The molecule has 0 aliphatic carbocycles. The lowest BCUT2D eigenvalue weighted by Gasteiger charge is -2.19. The van der Waals surface area contributed by atoms with Gasteiger partial charge >= 0.3 is 0 Å². The molecule has 31 heavy (non-hydrogen) atoms. The molecule has 0 saturated heterocycles. The minimum Gasteiger partial charge on any atom is -0.486 e. The lowest BCUT2D eigenvalue weighted by Crippen LogP contribution is -2.17. The lowest BCUT2D eigenvalue weighted by molar-refractivity contribution is 0.171. The molecule has 1 aliphatic heterocycles. The molecule has 8 nitrogen and oxygen atoms in total. The number of benzene rings is 3. The van der Waals surface area contributed by atoms with E-state index in [9.17, 15) is 13.2 Å². The van der Waals surface area contributed by atoms with E-state index >= 15 is 0 Å². The zero-order valence-corrected chi connectivity index (χ0v) is 17.2. The number of hydrogen-bond donors (Lipinski definition) is 2. The molecular weight excluding hydrogens is 418 g/mol. The summed E-state index contributed by atoms with van der Waals surface area (Å²) in [4.78, 5) is 12.5. The van der Waals surface area contributed by atoms with Gasteiger partial charge in [-0.15, -0.1) is 0 Å². The van der Waals surface area contributed by atoms with E-state index in [1.807, 2.05) is 30.3 Å². The van der Waals surface area contributed by atoms with Crippen LogP contribution in [0.3, 0.4) is 0 Å². The third kappa shape index (κ3) is 3.75. The number of rotatable bonds is 5. The van der Waals surface area contributed by atoms with Gasteiger partial charge in [0, 0.05) is 11.8 Å². The van der Waals surface area contributed by atoms with E-state index in [-0.39, 0.29) is 10.5 Å². The summed E-state index contributed by atoms with van der Waals surface area (Å²) in [5.41, 5.74) is 1.74. The first kappa shape index (κ1) is 19.3. The molecule has 2 heterocycles. The van der Waals surface area contributed by atoms with Crippen LogP contribution in [0.1, 0.15) is 5.56 Å². The smallest absolute Gasteiger partial charge is 0.272 e. The molecule has 0 radical (unpaired) electrons. The van der Waals surface area contributed by atoms with Crippen LogP contribution in [0.25, 0.3) is 10.9 Å². The van der Waals surface area contributed by atoms with Crippen molar-refractivity contribution in [1.82, 2.24) is 9.78 Å². The van der Waals surface area contributed by atoms with Gasteiger partial charge in [-0.3, -0.25) is 19.3 Å². The zero-order valence-electron chi connectivity index (χ0n) is 16.4. The van der Waals surface area contributed by atoms with Gasteiger partial charge in [0.15, 0.2) is 11.5 Å². The fraction of sp³-hybridized carbons (Fsp3) is 0.136. The lowest BCUT2D eigenvalue weighted by atomic mass is 10.2. The van der Waals surface area contributed by atoms with Crippen molar-refractivity contribution in [1.29, 1.82) is 0 Å². The Kier molecular flexibility index (Phi) is 4.67. The van der Waals surface area contributed by atoms with Crippen LogP contribution in [-0.4, -0.2) is 31.4 Å². The molecule has 0 spiro atoms. The van der Waals surface area contributed by atoms with Crippen molar-refractivity contribution in [3.8, 4) is 11.5 Å². The summed E-state index contributed by atoms with van der Waals surface area (Å²) in [6.45, 7) is 1.29. The first-order valence-corrected chi connectivity index (χ1v) is 11.2. The summed E-state index contributed by atoms with van der Waals surface area (Å²) < 4.78 is 40.9. The van der Waals surface area contributed by atoms with Crippen molar-refractivity contribution in [2.45, 2.75) is 11.4 Å². The number of ether oxygens (including phenoxy) is 2. The minimum atomic E-state index is -3.87. The molecule has 0 amide bonds. The Morgan fingerprint density at radius 1 is 0.935 bits per heavy atom. The molecule has 3 aromatic carbocycles. The predicted octanol–water partition coefficient (Wildman–Crippen LogP) is 2.95. The number of hydrogen-bond acceptors (Lipinski definition) is 5. The number of nitrogens with one attached hydrogen (secondary N) is 2. The third-order valence-electron chi connectivity index (χ3n) is 5.03. The van der Waals surface area contributed by atoms with E-state index in [2.05, 4.69) is 9.82 Å². The second kappa shape index (κ2) is 7.51. The largest absolute Gasteiger partial charge is 0.486 e. The molecule has 0 fully saturated rings. The van der Waals surface area contributed by atoms with Gasteiger partial charge in [0.1, 0.15) is 13.2 Å². The molecular formula is C22H19N3O5S. The molecule has 5 rings (SSSR count). The fourth-order valence-corrected chi connectivity index (χ4v) is 4.62. The molecule has 2 N–H and O–H groups in total. The summed E-state index contributed by atoms with van der Waals surface area (Å²) in [5, 5.41) is 3.21. The van der Waals surface area contributed by atoms with Gasteiger partial charge in [0.25, 0.3) is 15.6 Å². The van der Waals surface area contributed by atoms with Gasteiger partial charge < -0.3 is 9.47 Å². The van der Waals surface area contributed by atoms with Crippen molar-refractivity contribution in [3.05, 3.63) is 82.6 Å². The van der Waals surface area contributed by atoms with Crippen LogP contribution in [-0.2, 0) is 16.6 Å². The Balaban J connectivity index is 1.44. The normalized spacial score (nSPS) is 13.3. The molecule has 0 bridgehead atoms. The van der Waals surface area contributed by atoms with Crippen LogP contribution < -0.4 is 19.8 Å². The van der Waals surface area contributed by atoms with Gasteiger partial charge in [0.2, 0.25) is 0 Å². The highest BCUT2D eigenvalue weighted by molar-refractivity contribution is 7.92. The SMILES string of the molecule is O=c1[nH]n(Cc2ccccc2)c2ccc(NS(=O)(=O)c3ccc4c(c3)OCCO4)cc12. The summed E-state index contributed by atoms with van der Waals surface area (Å²) >= 11 is 0. The summed E-state index contributed by atoms with van der Waals surface area (Å²) in [5.74, 6) is 0.900. The summed E-state index contributed by atoms with van der Waals surface area (Å²) in [6.07, 6.45) is 0. The average molecular weight is 437 g/mol. The number of anilines is 1. The highest BCUT2D eigenvalue weighted by Gasteiger charge is 2.20. The van der Waals surface area contributed by atoms with Crippen molar-refractivity contribution in [2.75, 3.05) is 17.9 Å². The van der Waals surface area contributed by atoms with E-state index in [0.717, 1.165) is 5.56 Å². The quantitative estimate of drug-likeness (QED) is 0.500. The number of aromatic amines is 1. The van der Waals surface area contributed by atoms with Gasteiger partial charge in [-0.1, -0.05) is 30.3 Å². The maximum atomic E-state index is 12.9. The number of nitrogens with zero attached hydrogens (tertiary/aromatic N) is 1. The number of fused-ring (bicyclic) bond motifs is 2. The number of H-pyrrole nitrogens is 1. The monoisotopic (exact) mass is 437 g/mol. The second-order valence-electron chi connectivity index (χ2n) is 7.16. The van der Waals surface area contributed by atoms with Crippen molar-refractivity contribution in [2.24, 2.45) is 0 Å². The van der Waals surface area contributed by atoms with Crippen LogP contribution in [0.4, 0.5) is 5.69 Å². The second-order valence-corrected chi connectivity index (χ2v) is 8.84.